The van der Waals surface area contributed by atoms with E-state index < -0.39 is 11.7 Å². The quantitative estimate of drug-likeness (QED) is 0.835. The van der Waals surface area contributed by atoms with E-state index in [9.17, 15) is 14.0 Å². The minimum Gasteiger partial charge on any atom is -0.496 e. The standard InChI is InChI=1S/C18H18ClFN2O4/c1-22(2)18(24)13-8-11(4-7-16(13)25-3)21-17(23)10-26-12-5-6-15(20)14(19)9-12/h4-9H,10H2,1-3H3,(H,21,23). The summed E-state index contributed by atoms with van der Waals surface area (Å²) in [6, 6.07) is 8.53. The van der Waals surface area contributed by atoms with Gasteiger partial charge >= 0.3 is 0 Å². The van der Waals surface area contributed by atoms with Gasteiger partial charge in [-0.2, -0.15) is 0 Å². The summed E-state index contributed by atoms with van der Waals surface area (Å²) in [7, 11) is 4.70. The Kier molecular flexibility index (Phi) is 6.41. The lowest BCUT2D eigenvalue weighted by molar-refractivity contribution is -0.118. The van der Waals surface area contributed by atoms with Crippen LogP contribution in [0.3, 0.4) is 0 Å². The Hall–Kier alpha value is -2.80. The van der Waals surface area contributed by atoms with Gasteiger partial charge in [0.25, 0.3) is 11.8 Å². The minimum atomic E-state index is -0.570. The predicted octanol–water partition coefficient (Wildman–Crippen LogP) is 3.21. The highest BCUT2D eigenvalue weighted by Crippen LogP contribution is 2.24. The lowest BCUT2D eigenvalue weighted by atomic mass is 10.1. The van der Waals surface area contributed by atoms with Crippen LogP contribution in [0.15, 0.2) is 36.4 Å². The van der Waals surface area contributed by atoms with Gasteiger partial charge in [-0.1, -0.05) is 11.6 Å². The first-order chi connectivity index (χ1) is 12.3. The second kappa shape index (κ2) is 8.53. The molecule has 2 aromatic carbocycles. The van der Waals surface area contributed by atoms with Gasteiger partial charge < -0.3 is 19.7 Å². The summed E-state index contributed by atoms with van der Waals surface area (Å²) in [4.78, 5) is 25.6. The van der Waals surface area contributed by atoms with E-state index in [0.717, 1.165) is 6.07 Å². The SMILES string of the molecule is COc1ccc(NC(=O)COc2ccc(F)c(Cl)c2)cc1C(=O)N(C)C. The zero-order chi connectivity index (χ0) is 19.3. The van der Waals surface area contributed by atoms with E-state index in [1.165, 1.54) is 30.2 Å². The van der Waals surface area contributed by atoms with Crippen LogP contribution in [0.2, 0.25) is 5.02 Å². The summed E-state index contributed by atoms with van der Waals surface area (Å²) in [5.74, 6) is -0.600. The molecule has 6 nitrogen and oxygen atoms in total. The molecule has 0 aliphatic rings. The fourth-order valence-electron chi connectivity index (χ4n) is 2.11. The maximum atomic E-state index is 13.1. The van der Waals surface area contributed by atoms with Crippen LogP contribution < -0.4 is 14.8 Å². The third kappa shape index (κ3) is 4.86. The number of hydrogen-bond donors (Lipinski definition) is 1. The van der Waals surface area contributed by atoms with Crippen LogP contribution in [0.5, 0.6) is 11.5 Å². The second-order valence-electron chi connectivity index (χ2n) is 5.53. The normalized spacial score (nSPS) is 10.2. The van der Waals surface area contributed by atoms with Crippen LogP contribution in [0.1, 0.15) is 10.4 Å². The number of carbonyl (C=O) groups excluding carboxylic acids is 2. The first-order valence-corrected chi connectivity index (χ1v) is 7.97. The van der Waals surface area contributed by atoms with E-state index in [4.69, 9.17) is 21.1 Å². The van der Waals surface area contributed by atoms with Gasteiger partial charge in [-0.15, -0.1) is 0 Å². The fourth-order valence-corrected chi connectivity index (χ4v) is 2.28. The van der Waals surface area contributed by atoms with Gasteiger partial charge in [0, 0.05) is 25.8 Å². The average molecular weight is 381 g/mol. The van der Waals surface area contributed by atoms with Crippen molar-refractivity contribution in [3.05, 3.63) is 52.8 Å². The van der Waals surface area contributed by atoms with Crippen molar-refractivity contribution in [3.63, 3.8) is 0 Å². The molecule has 1 N–H and O–H groups in total. The summed E-state index contributed by atoms with van der Waals surface area (Å²) in [5, 5.41) is 2.53. The molecule has 0 aliphatic heterocycles. The molecule has 138 valence electrons. The predicted molar refractivity (Wildman–Crippen MR) is 96.5 cm³/mol. The van der Waals surface area contributed by atoms with Gasteiger partial charge in [0.15, 0.2) is 6.61 Å². The highest BCUT2D eigenvalue weighted by Gasteiger charge is 2.16. The first kappa shape index (κ1) is 19.5. The van der Waals surface area contributed by atoms with Crippen molar-refractivity contribution >= 4 is 29.1 Å². The Morgan fingerprint density at radius 1 is 1.19 bits per heavy atom. The van der Waals surface area contributed by atoms with Gasteiger partial charge in [-0.05, 0) is 30.3 Å². The van der Waals surface area contributed by atoms with E-state index in [2.05, 4.69) is 5.32 Å². The molecule has 2 rings (SSSR count). The lowest BCUT2D eigenvalue weighted by Gasteiger charge is -2.15. The summed E-state index contributed by atoms with van der Waals surface area (Å²) < 4.78 is 23.5. The van der Waals surface area contributed by atoms with Crippen molar-refractivity contribution in [2.24, 2.45) is 0 Å². The molecule has 0 aromatic heterocycles. The van der Waals surface area contributed by atoms with Crippen LogP contribution in [0.4, 0.5) is 10.1 Å². The van der Waals surface area contributed by atoms with E-state index >= 15 is 0 Å². The summed E-state index contributed by atoms with van der Waals surface area (Å²) >= 11 is 5.66. The molecule has 0 bridgehead atoms. The van der Waals surface area contributed by atoms with Gasteiger partial charge in [-0.3, -0.25) is 9.59 Å². The molecule has 0 fully saturated rings. The molecule has 0 radical (unpaired) electrons. The van der Waals surface area contributed by atoms with Gasteiger partial charge in [0.2, 0.25) is 0 Å². The Labute approximate surface area is 155 Å². The van der Waals surface area contributed by atoms with E-state index in [1.807, 2.05) is 0 Å². The molecule has 26 heavy (non-hydrogen) atoms. The van der Waals surface area contributed by atoms with Gasteiger partial charge in [0.05, 0.1) is 17.7 Å². The van der Waals surface area contributed by atoms with Crippen molar-refractivity contribution in [2.75, 3.05) is 33.1 Å². The Morgan fingerprint density at radius 3 is 2.54 bits per heavy atom. The molecule has 0 heterocycles. The summed E-state index contributed by atoms with van der Waals surface area (Å²) in [6.07, 6.45) is 0. The third-order valence-electron chi connectivity index (χ3n) is 3.38. The molecular formula is C18H18ClFN2O4. The average Bonchev–Trinajstić information content (AvgIpc) is 2.62. The Bertz CT molecular complexity index is 827. The number of rotatable bonds is 6. The molecule has 0 atom stereocenters. The monoisotopic (exact) mass is 380 g/mol. The fraction of sp³-hybridized carbons (Fsp3) is 0.222. The molecule has 0 spiro atoms. The van der Waals surface area contributed by atoms with E-state index in [-0.39, 0.29) is 23.3 Å². The van der Waals surface area contributed by atoms with Crippen molar-refractivity contribution in [1.82, 2.24) is 4.90 Å². The van der Waals surface area contributed by atoms with Crippen LogP contribution in [0.25, 0.3) is 0 Å². The van der Waals surface area contributed by atoms with Gasteiger partial charge in [-0.25, -0.2) is 4.39 Å². The number of carbonyl (C=O) groups is 2. The maximum absolute atomic E-state index is 13.1. The largest absolute Gasteiger partial charge is 0.496 e. The smallest absolute Gasteiger partial charge is 0.262 e. The van der Waals surface area contributed by atoms with E-state index in [1.54, 1.807) is 26.2 Å². The van der Waals surface area contributed by atoms with Crippen LogP contribution in [-0.2, 0) is 4.79 Å². The zero-order valence-corrected chi connectivity index (χ0v) is 15.3. The number of halogens is 2. The van der Waals surface area contributed by atoms with Crippen molar-refractivity contribution in [2.45, 2.75) is 0 Å². The Balaban J connectivity index is 2.05. The van der Waals surface area contributed by atoms with Crippen LogP contribution in [-0.4, -0.2) is 44.5 Å². The molecule has 0 saturated heterocycles. The summed E-state index contributed by atoms with van der Waals surface area (Å²) in [6.45, 7) is -0.301. The molecule has 0 saturated carbocycles. The number of amides is 2. The van der Waals surface area contributed by atoms with E-state index in [0.29, 0.717) is 17.0 Å². The number of nitrogens with zero attached hydrogens (tertiary/aromatic N) is 1. The number of methoxy groups -OCH3 is 1. The first-order valence-electron chi connectivity index (χ1n) is 7.59. The van der Waals surface area contributed by atoms with Crippen molar-refractivity contribution in [1.29, 1.82) is 0 Å². The molecule has 8 heteroatoms. The number of benzene rings is 2. The number of anilines is 1. The van der Waals surface area contributed by atoms with Crippen LogP contribution >= 0.6 is 11.6 Å². The zero-order valence-electron chi connectivity index (χ0n) is 14.5. The molecule has 2 aromatic rings. The maximum Gasteiger partial charge on any atom is 0.262 e. The van der Waals surface area contributed by atoms with Crippen LogP contribution in [0, 0.1) is 5.82 Å². The summed E-state index contributed by atoms with van der Waals surface area (Å²) in [5.41, 5.74) is 0.739. The second-order valence-corrected chi connectivity index (χ2v) is 5.93. The lowest BCUT2D eigenvalue weighted by Crippen LogP contribution is -2.23. The highest BCUT2D eigenvalue weighted by molar-refractivity contribution is 6.30. The topological polar surface area (TPSA) is 67.9 Å². The molecule has 2 amide bonds. The number of ether oxygens (including phenoxy) is 2. The highest BCUT2D eigenvalue weighted by atomic mass is 35.5. The molecule has 0 unspecified atom stereocenters. The van der Waals surface area contributed by atoms with Gasteiger partial charge in [0.1, 0.15) is 17.3 Å². The Morgan fingerprint density at radius 2 is 1.92 bits per heavy atom. The minimum absolute atomic E-state index is 0.0927. The molecular weight excluding hydrogens is 363 g/mol. The van der Waals surface area contributed by atoms with Crippen molar-refractivity contribution in [3.8, 4) is 11.5 Å². The number of nitrogens with one attached hydrogen (secondary N) is 1. The number of hydrogen-bond acceptors (Lipinski definition) is 4. The third-order valence-corrected chi connectivity index (χ3v) is 3.67. The molecule has 0 aliphatic carbocycles. The van der Waals surface area contributed by atoms with Crippen molar-refractivity contribution < 1.29 is 23.5 Å².